The van der Waals surface area contributed by atoms with Gasteiger partial charge in [0.2, 0.25) is 0 Å². The topological polar surface area (TPSA) is 9.23 Å². The van der Waals surface area contributed by atoms with Gasteiger partial charge < -0.3 is 4.74 Å². The highest BCUT2D eigenvalue weighted by Gasteiger charge is 2.23. The second-order valence-electron chi connectivity index (χ2n) is 6.87. The summed E-state index contributed by atoms with van der Waals surface area (Å²) >= 11 is 0. The first-order valence-corrected chi connectivity index (χ1v) is 9.45. The fraction of sp³-hybridized carbons (Fsp3) is 0.714. The normalized spacial score (nSPS) is 17.5. The van der Waals surface area contributed by atoms with Crippen molar-refractivity contribution >= 4 is 0 Å². The van der Waals surface area contributed by atoms with Crippen LogP contribution in [-0.2, 0) is 6.42 Å². The standard InChI is InChI=1S/C21H34O/c1-5-11-16(6-2)20-14-18(22-4)15-21(19(20)7-3)17-12-9-8-10-13-17/h14-17H,5-13H2,1-4H3. The van der Waals surface area contributed by atoms with E-state index in [-0.39, 0.29) is 0 Å². The van der Waals surface area contributed by atoms with Gasteiger partial charge in [0.05, 0.1) is 7.11 Å². The van der Waals surface area contributed by atoms with Gasteiger partial charge in [-0.15, -0.1) is 0 Å². The summed E-state index contributed by atoms with van der Waals surface area (Å²) in [5, 5.41) is 0. The van der Waals surface area contributed by atoms with Crippen molar-refractivity contribution < 1.29 is 4.74 Å². The van der Waals surface area contributed by atoms with Gasteiger partial charge in [-0.3, -0.25) is 0 Å². The Hall–Kier alpha value is -0.980. The Morgan fingerprint density at radius 1 is 1.09 bits per heavy atom. The van der Waals surface area contributed by atoms with E-state index in [1.807, 2.05) is 7.11 Å². The number of methoxy groups -OCH3 is 1. The van der Waals surface area contributed by atoms with Crippen molar-refractivity contribution in [3.63, 3.8) is 0 Å². The van der Waals surface area contributed by atoms with Crippen LogP contribution in [0.4, 0.5) is 0 Å². The molecule has 1 aliphatic rings. The lowest BCUT2D eigenvalue weighted by atomic mass is 9.77. The minimum Gasteiger partial charge on any atom is -0.497 e. The predicted molar refractivity (Wildman–Crippen MR) is 96.1 cm³/mol. The monoisotopic (exact) mass is 302 g/mol. The highest BCUT2D eigenvalue weighted by Crippen LogP contribution is 2.40. The van der Waals surface area contributed by atoms with E-state index in [4.69, 9.17) is 4.74 Å². The summed E-state index contributed by atoms with van der Waals surface area (Å²) in [6.45, 7) is 6.96. The van der Waals surface area contributed by atoms with Crippen molar-refractivity contribution in [1.82, 2.24) is 0 Å². The molecule has 2 rings (SSSR count). The van der Waals surface area contributed by atoms with Crippen LogP contribution in [0.5, 0.6) is 5.75 Å². The maximum absolute atomic E-state index is 5.66. The van der Waals surface area contributed by atoms with Crippen molar-refractivity contribution in [3.8, 4) is 5.75 Å². The maximum atomic E-state index is 5.66. The number of hydrogen-bond acceptors (Lipinski definition) is 1. The smallest absolute Gasteiger partial charge is 0.119 e. The molecule has 1 nitrogen and oxygen atoms in total. The van der Waals surface area contributed by atoms with E-state index in [9.17, 15) is 0 Å². The van der Waals surface area contributed by atoms with Gasteiger partial charge in [0, 0.05) is 0 Å². The van der Waals surface area contributed by atoms with Gasteiger partial charge >= 0.3 is 0 Å². The van der Waals surface area contributed by atoms with Gasteiger partial charge in [0.1, 0.15) is 5.75 Å². The molecule has 1 aromatic carbocycles. The van der Waals surface area contributed by atoms with Gasteiger partial charge in [-0.05, 0) is 72.8 Å². The molecule has 0 radical (unpaired) electrons. The first kappa shape index (κ1) is 17.4. The van der Waals surface area contributed by atoms with E-state index in [0.29, 0.717) is 5.92 Å². The molecule has 0 amide bonds. The van der Waals surface area contributed by atoms with Gasteiger partial charge in [0.15, 0.2) is 0 Å². The molecule has 1 saturated carbocycles. The fourth-order valence-electron chi connectivity index (χ4n) is 4.29. The van der Waals surface area contributed by atoms with Crippen molar-refractivity contribution in [3.05, 3.63) is 28.8 Å². The molecule has 0 aliphatic heterocycles. The van der Waals surface area contributed by atoms with Crippen LogP contribution < -0.4 is 4.74 Å². The summed E-state index contributed by atoms with van der Waals surface area (Å²) in [4.78, 5) is 0. The molecule has 0 N–H and O–H groups in total. The summed E-state index contributed by atoms with van der Waals surface area (Å²) in [6, 6.07) is 4.67. The number of ether oxygens (including phenoxy) is 1. The van der Waals surface area contributed by atoms with Crippen LogP contribution in [-0.4, -0.2) is 7.11 Å². The average Bonchev–Trinajstić information content (AvgIpc) is 2.59. The molecule has 1 aromatic rings. The van der Waals surface area contributed by atoms with Crippen LogP contribution in [0.2, 0.25) is 0 Å². The lowest BCUT2D eigenvalue weighted by Crippen LogP contribution is -2.11. The Balaban J connectivity index is 2.46. The molecule has 0 bridgehead atoms. The zero-order valence-corrected chi connectivity index (χ0v) is 15.1. The summed E-state index contributed by atoms with van der Waals surface area (Å²) < 4.78 is 5.66. The molecule has 1 atom stereocenters. The second-order valence-corrected chi connectivity index (χ2v) is 6.87. The average molecular weight is 303 g/mol. The van der Waals surface area contributed by atoms with Gasteiger partial charge in [-0.25, -0.2) is 0 Å². The molecule has 0 aromatic heterocycles. The van der Waals surface area contributed by atoms with Crippen molar-refractivity contribution in [2.75, 3.05) is 7.11 Å². The summed E-state index contributed by atoms with van der Waals surface area (Å²) in [5.41, 5.74) is 4.81. The largest absolute Gasteiger partial charge is 0.497 e. The van der Waals surface area contributed by atoms with Crippen LogP contribution in [0.25, 0.3) is 0 Å². The van der Waals surface area contributed by atoms with Crippen LogP contribution in [0, 0.1) is 0 Å². The quantitative estimate of drug-likeness (QED) is 0.551. The number of rotatable bonds is 7. The number of benzene rings is 1. The summed E-state index contributed by atoms with van der Waals surface area (Å²) in [5.74, 6) is 2.52. The Labute approximate surface area is 137 Å². The fourth-order valence-corrected chi connectivity index (χ4v) is 4.29. The third-order valence-electron chi connectivity index (χ3n) is 5.50. The van der Waals surface area contributed by atoms with Crippen LogP contribution in [0.1, 0.15) is 101 Å². The van der Waals surface area contributed by atoms with Crippen molar-refractivity contribution in [2.45, 2.75) is 90.4 Å². The molecule has 1 aliphatic carbocycles. The molecule has 124 valence electrons. The lowest BCUT2D eigenvalue weighted by molar-refractivity contribution is 0.407. The molecule has 1 unspecified atom stereocenters. The first-order valence-electron chi connectivity index (χ1n) is 9.45. The Morgan fingerprint density at radius 2 is 1.82 bits per heavy atom. The Morgan fingerprint density at radius 3 is 2.36 bits per heavy atom. The minimum absolute atomic E-state index is 0.692. The van der Waals surface area contributed by atoms with E-state index in [1.165, 1.54) is 51.4 Å². The van der Waals surface area contributed by atoms with E-state index in [1.54, 1.807) is 16.7 Å². The molecule has 0 spiro atoms. The number of hydrogen-bond donors (Lipinski definition) is 0. The van der Waals surface area contributed by atoms with Crippen LogP contribution in [0.3, 0.4) is 0 Å². The van der Waals surface area contributed by atoms with E-state index < -0.39 is 0 Å². The molecule has 1 fully saturated rings. The van der Waals surface area contributed by atoms with Gasteiger partial charge in [-0.2, -0.15) is 0 Å². The maximum Gasteiger partial charge on any atom is 0.119 e. The van der Waals surface area contributed by atoms with E-state index >= 15 is 0 Å². The highest BCUT2D eigenvalue weighted by atomic mass is 16.5. The van der Waals surface area contributed by atoms with Crippen molar-refractivity contribution in [2.24, 2.45) is 0 Å². The summed E-state index contributed by atoms with van der Waals surface area (Å²) in [6.07, 6.45) is 11.9. The lowest BCUT2D eigenvalue weighted by Gasteiger charge is -2.28. The first-order chi connectivity index (χ1) is 10.7. The molecule has 0 heterocycles. The molecule has 1 heteroatoms. The molecule has 0 saturated heterocycles. The van der Waals surface area contributed by atoms with Crippen molar-refractivity contribution in [1.29, 1.82) is 0 Å². The highest BCUT2D eigenvalue weighted by molar-refractivity contribution is 5.46. The van der Waals surface area contributed by atoms with Crippen LogP contribution >= 0.6 is 0 Å². The SMILES string of the molecule is CCCC(CC)c1cc(OC)cc(C2CCCCC2)c1CC. The van der Waals surface area contributed by atoms with E-state index in [2.05, 4.69) is 32.9 Å². The molecular weight excluding hydrogens is 268 g/mol. The minimum atomic E-state index is 0.692. The van der Waals surface area contributed by atoms with Gasteiger partial charge in [0.25, 0.3) is 0 Å². The summed E-state index contributed by atoms with van der Waals surface area (Å²) in [7, 11) is 1.82. The Bertz CT molecular complexity index is 431. The third-order valence-corrected chi connectivity index (χ3v) is 5.50. The molecular formula is C21H34O. The Kier molecular flexibility index (Phi) is 6.79. The van der Waals surface area contributed by atoms with Gasteiger partial charge in [-0.1, -0.05) is 46.5 Å². The zero-order chi connectivity index (χ0) is 15.9. The second kappa shape index (κ2) is 8.60. The predicted octanol–water partition coefficient (Wildman–Crippen LogP) is 6.60. The zero-order valence-electron chi connectivity index (χ0n) is 15.1. The van der Waals surface area contributed by atoms with E-state index in [0.717, 1.165) is 18.1 Å². The molecule has 22 heavy (non-hydrogen) atoms. The third kappa shape index (κ3) is 3.86. The van der Waals surface area contributed by atoms with Crippen LogP contribution in [0.15, 0.2) is 12.1 Å².